The van der Waals surface area contributed by atoms with Crippen molar-refractivity contribution in [3.8, 4) is 5.75 Å². The number of carbonyl (C=O) groups excluding carboxylic acids is 4. The maximum Gasteiger partial charge on any atom is 0.345 e. The molecule has 0 aliphatic heterocycles. The molecule has 0 fully saturated rings. The number of nitrogens with zero attached hydrogens (tertiary/aromatic N) is 1. The molecule has 2 aromatic carbocycles. The minimum absolute atomic E-state index is 0.202. The molecule has 2 amide bonds. The van der Waals surface area contributed by atoms with E-state index in [1.165, 1.54) is 17.6 Å². The summed E-state index contributed by atoms with van der Waals surface area (Å²) in [7, 11) is 0. The van der Waals surface area contributed by atoms with Gasteiger partial charge in [-0.15, -0.1) is 11.3 Å². The summed E-state index contributed by atoms with van der Waals surface area (Å²) in [6.07, 6.45) is 3.78. The fourth-order valence-corrected chi connectivity index (χ4v) is 5.65. The van der Waals surface area contributed by atoms with Gasteiger partial charge < -0.3 is 14.8 Å². The van der Waals surface area contributed by atoms with E-state index in [0.29, 0.717) is 34.2 Å². The number of carbonyl (C=O) groups is 4. The molecule has 1 unspecified atom stereocenters. The second kappa shape index (κ2) is 12.7. The Bertz CT molecular complexity index is 1430. The number of anilines is 1. The summed E-state index contributed by atoms with van der Waals surface area (Å²) in [5.41, 5.74) is 4.21. The van der Waals surface area contributed by atoms with Crippen molar-refractivity contribution < 1.29 is 28.7 Å². The third-order valence-electron chi connectivity index (χ3n) is 5.99. The number of thiophene rings is 1. The van der Waals surface area contributed by atoms with Gasteiger partial charge in [0.15, 0.2) is 0 Å². The lowest BCUT2D eigenvalue weighted by Gasteiger charge is -2.18. The van der Waals surface area contributed by atoms with Gasteiger partial charge in [-0.25, -0.2) is 15.0 Å². The minimum Gasteiger partial charge on any atom is -0.462 e. The number of esters is 2. The number of nitrogens with one attached hydrogen (secondary N) is 2. The summed E-state index contributed by atoms with van der Waals surface area (Å²) < 4.78 is 10.5. The zero-order valence-corrected chi connectivity index (χ0v) is 22.9. The van der Waals surface area contributed by atoms with Crippen LogP contribution < -0.4 is 15.5 Å². The van der Waals surface area contributed by atoms with Gasteiger partial charge in [0.25, 0.3) is 0 Å². The van der Waals surface area contributed by atoms with Crippen LogP contribution in [0.3, 0.4) is 0 Å². The van der Waals surface area contributed by atoms with Crippen LogP contribution in [0, 0.1) is 5.92 Å². The number of ether oxygens (including phenoxy) is 2. The Kier molecular flexibility index (Phi) is 9.11. The monoisotopic (exact) mass is 567 g/mol. The third kappa shape index (κ3) is 6.90. The van der Waals surface area contributed by atoms with Crippen LogP contribution in [0.2, 0.25) is 5.02 Å². The van der Waals surface area contributed by atoms with E-state index in [9.17, 15) is 19.2 Å². The zero-order valence-electron chi connectivity index (χ0n) is 21.3. The van der Waals surface area contributed by atoms with Crippen molar-refractivity contribution in [1.29, 1.82) is 0 Å². The Morgan fingerprint density at radius 2 is 1.82 bits per heavy atom. The Hall–Kier alpha value is -4.02. The molecule has 1 aliphatic carbocycles. The van der Waals surface area contributed by atoms with E-state index < -0.39 is 23.8 Å². The van der Waals surface area contributed by atoms with Crippen molar-refractivity contribution in [1.82, 2.24) is 5.43 Å². The van der Waals surface area contributed by atoms with E-state index in [2.05, 4.69) is 22.8 Å². The first-order valence-corrected chi connectivity index (χ1v) is 13.5. The number of hydrogen-bond donors (Lipinski definition) is 2. The Morgan fingerprint density at radius 1 is 1.08 bits per heavy atom. The molecule has 1 atom stereocenters. The van der Waals surface area contributed by atoms with Crippen LogP contribution in [0.5, 0.6) is 5.75 Å². The van der Waals surface area contributed by atoms with E-state index in [-0.39, 0.29) is 17.2 Å². The van der Waals surface area contributed by atoms with Gasteiger partial charge in [0.2, 0.25) is 0 Å². The number of hydrazone groups is 1. The van der Waals surface area contributed by atoms with Crippen molar-refractivity contribution in [2.75, 3.05) is 11.9 Å². The van der Waals surface area contributed by atoms with Crippen LogP contribution >= 0.6 is 22.9 Å². The molecule has 3 aromatic rings. The molecule has 0 saturated heterocycles. The van der Waals surface area contributed by atoms with E-state index >= 15 is 0 Å². The normalized spacial score (nSPS) is 14.4. The third-order valence-corrected chi connectivity index (χ3v) is 7.49. The molecule has 0 radical (unpaired) electrons. The van der Waals surface area contributed by atoms with Crippen molar-refractivity contribution in [3.63, 3.8) is 0 Å². The fourth-order valence-electron chi connectivity index (χ4n) is 4.04. The highest BCUT2D eigenvalue weighted by molar-refractivity contribution is 7.17. The van der Waals surface area contributed by atoms with Crippen LogP contribution in [-0.2, 0) is 27.2 Å². The van der Waals surface area contributed by atoms with Crippen LogP contribution in [-0.4, -0.2) is 36.6 Å². The maximum absolute atomic E-state index is 12.6. The maximum atomic E-state index is 12.6. The summed E-state index contributed by atoms with van der Waals surface area (Å²) in [4.78, 5) is 50.8. The van der Waals surface area contributed by atoms with Gasteiger partial charge in [-0.2, -0.15) is 5.10 Å². The van der Waals surface area contributed by atoms with E-state index in [1.54, 1.807) is 55.5 Å². The second-order valence-electron chi connectivity index (χ2n) is 8.87. The van der Waals surface area contributed by atoms with Crippen molar-refractivity contribution in [3.05, 3.63) is 80.7 Å². The molecular formula is C28H26ClN3O6S. The highest BCUT2D eigenvalue weighted by Gasteiger charge is 2.30. The van der Waals surface area contributed by atoms with Gasteiger partial charge in [0, 0.05) is 4.88 Å². The molecular weight excluding hydrogens is 542 g/mol. The average molecular weight is 568 g/mol. The zero-order chi connectivity index (χ0) is 27.9. The van der Waals surface area contributed by atoms with Gasteiger partial charge in [-0.3, -0.25) is 9.59 Å². The lowest BCUT2D eigenvalue weighted by Crippen LogP contribution is -2.32. The van der Waals surface area contributed by atoms with Crippen molar-refractivity contribution in [2.45, 2.75) is 33.1 Å². The Balaban J connectivity index is 1.35. The smallest absolute Gasteiger partial charge is 0.345 e. The van der Waals surface area contributed by atoms with Crippen LogP contribution in [0.15, 0.2) is 53.6 Å². The molecule has 0 saturated carbocycles. The predicted octanol–water partition coefficient (Wildman–Crippen LogP) is 5.01. The molecule has 11 heteroatoms. The molecule has 0 bridgehead atoms. The highest BCUT2D eigenvalue weighted by atomic mass is 35.5. The number of hydrogen-bond acceptors (Lipinski definition) is 8. The highest BCUT2D eigenvalue weighted by Crippen LogP contribution is 2.40. The molecule has 0 spiro atoms. The molecule has 9 nitrogen and oxygen atoms in total. The molecule has 2 N–H and O–H groups in total. The average Bonchev–Trinajstić information content (AvgIpc) is 3.26. The first-order valence-electron chi connectivity index (χ1n) is 12.3. The molecule has 1 aliphatic rings. The fraction of sp³-hybridized carbons (Fsp3) is 0.250. The van der Waals surface area contributed by atoms with Crippen molar-refractivity contribution in [2.24, 2.45) is 11.0 Å². The van der Waals surface area contributed by atoms with Crippen LogP contribution in [0.4, 0.5) is 5.00 Å². The van der Waals surface area contributed by atoms with Gasteiger partial charge in [-0.05, 0) is 79.6 Å². The van der Waals surface area contributed by atoms with Crippen molar-refractivity contribution >= 4 is 57.9 Å². The molecule has 4 rings (SSSR count). The summed E-state index contributed by atoms with van der Waals surface area (Å²) in [6.45, 7) is 4.05. The first kappa shape index (κ1) is 28.0. The Labute approximate surface area is 234 Å². The van der Waals surface area contributed by atoms with Crippen LogP contribution in [0.1, 0.15) is 57.0 Å². The Morgan fingerprint density at radius 3 is 2.54 bits per heavy atom. The second-order valence-corrected chi connectivity index (χ2v) is 10.4. The number of halogens is 1. The van der Waals surface area contributed by atoms with E-state index in [1.807, 2.05) is 0 Å². The summed E-state index contributed by atoms with van der Waals surface area (Å²) >= 11 is 7.32. The topological polar surface area (TPSA) is 123 Å². The summed E-state index contributed by atoms with van der Waals surface area (Å²) in [6, 6.07) is 12.9. The number of fused-ring (bicyclic) bond motifs is 1. The summed E-state index contributed by atoms with van der Waals surface area (Å²) in [5, 5.41) is 6.96. The van der Waals surface area contributed by atoms with E-state index in [0.717, 1.165) is 23.3 Å². The quantitative estimate of drug-likeness (QED) is 0.136. The molecule has 39 heavy (non-hydrogen) atoms. The van der Waals surface area contributed by atoms with Gasteiger partial charge in [0.05, 0.1) is 29.0 Å². The molecule has 1 heterocycles. The lowest BCUT2D eigenvalue weighted by molar-refractivity contribution is -0.136. The number of amides is 2. The molecule has 1 aromatic heterocycles. The van der Waals surface area contributed by atoms with Gasteiger partial charge in [-0.1, -0.05) is 30.7 Å². The minimum atomic E-state index is -0.994. The lowest BCUT2D eigenvalue weighted by atomic mass is 9.88. The number of rotatable bonds is 7. The standard InChI is InChI=1S/C28H26ClN3O6S/c1-3-37-28(36)23-20-13-8-16(2)14-22(20)39-26(23)31-24(33)25(34)32-30-15-17-9-11-18(12-10-17)38-27(35)19-6-4-5-7-21(19)29/h4-7,9-12,15-16H,3,8,13-14H2,1-2H3,(H,31,33)(H,32,34)/b30-15+. The van der Waals surface area contributed by atoms with Gasteiger partial charge >= 0.3 is 23.8 Å². The van der Waals surface area contributed by atoms with Crippen LogP contribution in [0.25, 0.3) is 0 Å². The van der Waals surface area contributed by atoms with E-state index in [4.69, 9.17) is 21.1 Å². The first-order chi connectivity index (χ1) is 18.8. The molecule has 202 valence electrons. The predicted molar refractivity (Wildman–Crippen MR) is 149 cm³/mol. The van der Waals surface area contributed by atoms with Gasteiger partial charge in [0.1, 0.15) is 10.8 Å². The summed E-state index contributed by atoms with van der Waals surface area (Å²) in [5.74, 6) is -2.29. The number of benzene rings is 2. The SMILES string of the molecule is CCOC(=O)c1c(NC(=O)C(=O)N/N=C/c2ccc(OC(=O)c3ccccc3Cl)cc2)sc2c1CCC(C)C2. The largest absolute Gasteiger partial charge is 0.462 e.